The van der Waals surface area contributed by atoms with Crippen LogP contribution in [0.25, 0.3) is 11.0 Å². The van der Waals surface area contributed by atoms with Crippen molar-refractivity contribution in [1.82, 2.24) is 20.7 Å². The van der Waals surface area contributed by atoms with E-state index in [9.17, 15) is 4.79 Å². The largest absolute Gasteiger partial charge is 0.350 e. The van der Waals surface area contributed by atoms with Gasteiger partial charge in [0.25, 0.3) is 5.91 Å². The highest BCUT2D eigenvalue weighted by atomic mass is 16.1. The van der Waals surface area contributed by atoms with Gasteiger partial charge in [0.05, 0.1) is 0 Å². The standard InChI is InChI=1S/C17H18N4O/c1-12(7-8-13-5-3-2-4-6-13)18-17(22)14-9-10-15-16(11-14)20-21-19-15/h2-6,9-12H,7-8H2,1H3,(H,18,22)(H,19,20,21). The zero-order valence-electron chi connectivity index (χ0n) is 12.4. The lowest BCUT2D eigenvalue weighted by atomic mass is 10.1. The van der Waals surface area contributed by atoms with Gasteiger partial charge in [-0.1, -0.05) is 30.3 Å². The number of benzene rings is 2. The first-order valence-corrected chi connectivity index (χ1v) is 7.38. The van der Waals surface area contributed by atoms with Gasteiger partial charge in [-0.25, -0.2) is 0 Å². The van der Waals surface area contributed by atoms with Crippen LogP contribution >= 0.6 is 0 Å². The second kappa shape index (κ2) is 6.39. The van der Waals surface area contributed by atoms with Crippen molar-refractivity contribution in [3.8, 4) is 0 Å². The number of rotatable bonds is 5. The molecule has 5 heteroatoms. The second-order valence-electron chi connectivity index (χ2n) is 5.43. The molecule has 1 unspecified atom stereocenters. The van der Waals surface area contributed by atoms with E-state index in [1.54, 1.807) is 18.2 Å². The molecule has 3 rings (SSSR count). The van der Waals surface area contributed by atoms with E-state index in [2.05, 4.69) is 32.9 Å². The van der Waals surface area contributed by atoms with Crippen LogP contribution in [-0.4, -0.2) is 27.4 Å². The van der Waals surface area contributed by atoms with E-state index in [1.165, 1.54) is 5.56 Å². The Morgan fingerprint density at radius 2 is 1.91 bits per heavy atom. The van der Waals surface area contributed by atoms with Crippen molar-refractivity contribution >= 4 is 16.9 Å². The summed E-state index contributed by atoms with van der Waals surface area (Å²) in [5.74, 6) is -0.0783. The summed E-state index contributed by atoms with van der Waals surface area (Å²) in [5.41, 5.74) is 3.35. The summed E-state index contributed by atoms with van der Waals surface area (Å²) < 4.78 is 0. The number of carbonyl (C=O) groups is 1. The third-order valence-electron chi connectivity index (χ3n) is 3.66. The third-order valence-corrected chi connectivity index (χ3v) is 3.66. The minimum Gasteiger partial charge on any atom is -0.350 e. The van der Waals surface area contributed by atoms with Crippen molar-refractivity contribution in [2.45, 2.75) is 25.8 Å². The number of hydrogen-bond acceptors (Lipinski definition) is 3. The smallest absolute Gasteiger partial charge is 0.251 e. The SMILES string of the molecule is CC(CCc1ccccc1)NC(=O)c1ccc2n[nH]nc2c1. The first-order valence-electron chi connectivity index (χ1n) is 7.38. The van der Waals surface area contributed by atoms with Crippen LogP contribution in [0.5, 0.6) is 0 Å². The first-order chi connectivity index (χ1) is 10.7. The second-order valence-corrected chi connectivity index (χ2v) is 5.43. The zero-order valence-corrected chi connectivity index (χ0v) is 12.4. The van der Waals surface area contributed by atoms with Gasteiger partial charge in [0.1, 0.15) is 11.0 Å². The molecule has 0 saturated heterocycles. The van der Waals surface area contributed by atoms with E-state index in [1.807, 2.05) is 25.1 Å². The molecule has 2 aromatic carbocycles. The van der Waals surface area contributed by atoms with Crippen LogP contribution in [-0.2, 0) is 6.42 Å². The molecular formula is C17H18N4O. The first kappa shape index (κ1) is 14.3. The van der Waals surface area contributed by atoms with E-state index < -0.39 is 0 Å². The molecule has 112 valence electrons. The Kier molecular flexibility index (Phi) is 4.14. The quantitative estimate of drug-likeness (QED) is 0.760. The van der Waals surface area contributed by atoms with Gasteiger partial charge in [0.2, 0.25) is 0 Å². The van der Waals surface area contributed by atoms with Crippen molar-refractivity contribution < 1.29 is 4.79 Å². The van der Waals surface area contributed by atoms with E-state index in [4.69, 9.17) is 0 Å². The molecule has 0 aliphatic rings. The molecule has 0 aliphatic heterocycles. The van der Waals surface area contributed by atoms with Gasteiger partial charge >= 0.3 is 0 Å². The summed E-state index contributed by atoms with van der Waals surface area (Å²) in [4.78, 5) is 12.3. The maximum absolute atomic E-state index is 12.3. The summed E-state index contributed by atoms with van der Waals surface area (Å²) in [6.45, 7) is 2.02. The fraction of sp³-hybridized carbons (Fsp3) is 0.235. The molecule has 1 heterocycles. The fourth-order valence-electron chi connectivity index (χ4n) is 2.39. The highest BCUT2D eigenvalue weighted by molar-refractivity contribution is 5.97. The average Bonchev–Trinajstić information content (AvgIpc) is 3.01. The minimum absolute atomic E-state index is 0.0783. The number of hydrogen-bond donors (Lipinski definition) is 2. The number of nitrogens with zero attached hydrogens (tertiary/aromatic N) is 2. The number of aromatic amines is 1. The van der Waals surface area contributed by atoms with Gasteiger partial charge in [-0.2, -0.15) is 15.4 Å². The van der Waals surface area contributed by atoms with Crippen LogP contribution in [0.4, 0.5) is 0 Å². The van der Waals surface area contributed by atoms with Gasteiger partial charge in [-0.15, -0.1) is 0 Å². The lowest BCUT2D eigenvalue weighted by Crippen LogP contribution is -2.32. The van der Waals surface area contributed by atoms with E-state index in [0.717, 1.165) is 18.4 Å². The zero-order chi connectivity index (χ0) is 15.4. The van der Waals surface area contributed by atoms with E-state index >= 15 is 0 Å². The lowest BCUT2D eigenvalue weighted by Gasteiger charge is -2.14. The van der Waals surface area contributed by atoms with Crippen LogP contribution in [0, 0.1) is 0 Å². The van der Waals surface area contributed by atoms with Crippen LogP contribution in [0.15, 0.2) is 48.5 Å². The third kappa shape index (κ3) is 3.31. The molecule has 0 aliphatic carbocycles. The summed E-state index contributed by atoms with van der Waals surface area (Å²) in [7, 11) is 0. The van der Waals surface area contributed by atoms with Crippen LogP contribution in [0.1, 0.15) is 29.3 Å². The van der Waals surface area contributed by atoms with Gasteiger partial charge in [0.15, 0.2) is 0 Å². The highest BCUT2D eigenvalue weighted by Crippen LogP contribution is 2.11. The van der Waals surface area contributed by atoms with E-state index in [0.29, 0.717) is 11.1 Å². The van der Waals surface area contributed by atoms with Crippen molar-refractivity contribution in [3.63, 3.8) is 0 Å². The van der Waals surface area contributed by atoms with Gasteiger partial charge in [-0.3, -0.25) is 4.79 Å². The summed E-state index contributed by atoms with van der Waals surface area (Å²) in [5, 5.41) is 13.6. The lowest BCUT2D eigenvalue weighted by molar-refractivity contribution is 0.0938. The average molecular weight is 294 g/mol. The van der Waals surface area contributed by atoms with Gasteiger partial charge < -0.3 is 5.32 Å². The molecule has 0 bridgehead atoms. The Morgan fingerprint density at radius 1 is 1.14 bits per heavy atom. The number of fused-ring (bicyclic) bond motifs is 1. The molecule has 0 radical (unpaired) electrons. The fourth-order valence-corrected chi connectivity index (χ4v) is 2.39. The molecule has 22 heavy (non-hydrogen) atoms. The monoisotopic (exact) mass is 294 g/mol. The summed E-state index contributed by atoms with van der Waals surface area (Å²) in [6, 6.07) is 15.7. The van der Waals surface area contributed by atoms with Crippen molar-refractivity contribution in [1.29, 1.82) is 0 Å². The topological polar surface area (TPSA) is 70.7 Å². The predicted molar refractivity (Wildman–Crippen MR) is 85.6 cm³/mol. The van der Waals surface area contributed by atoms with Crippen LogP contribution < -0.4 is 5.32 Å². The minimum atomic E-state index is -0.0783. The van der Waals surface area contributed by atoms with Crippen LogP contribution in [0.3, 0.4) is 0 Å². The molecule has 0 saturated carbocycles. The molecule has 3 aromatic rings. The van der Waals surface area contributed by atoms with Crippen LogP contribution in [0.2, 0.25) is 0 Å². The number of carbonyl (C=O) groups excluding carboxylic acids is 1. The normalized spacial score (nSPS) is 12.2. The molecule has 0 spiro atoms. The Labute approximate surface area is 128 Å². The Morgan fingerprint density at radius 3 is 2.73 bits per heavy atom. The number of aryl methyl sites for hydroxylation is 1. The number of nitrogens with one attached hydrogen (secondary N) is 2. The Bertz CT molecular complexity index is 766. The summed E-state index contributed by atoms with van der Waals surface area (Å²) >= 11 is 0. The van der Waals surface area contributed by atoms with Gasteiger partial charge in [0, 0.05) is 11.6 Å². The van der Waals surface area contributed by atoms with Crippen molar-refractivity contribution in [2.75, 3.05) is 0 Å². The molecule has 1 atom stereocenters. The molecule has 5 nitrogen and oxygen atoms in total. The summed E-state index contributed by atoms with van der Waals surface area (Å²) in [6.07, 6.45) is 1.85. The molecule has 1 aromatic heterocycles. The maximum Gasteiger partial charge on any atom is 0.251 e. The predicted octanol–water partition coefficient (Wildman–Crippen LogP) is 2.71. The van der Waals surface area contributed by atoms with Crippen molar-refractivity contribution in [2.24, 2.45) is 0 Å². The molecule has 2 N–H and O–H groups in total. The van der Waals surface area contributed by atoms with Crippen molar-refractivity contribution in [3.05, 3.63) is 59.7 Å². The maximum atomic E-state index is 12.3. The number of amides is 1. The number of aromatic nitrogens is 3. The molecule has 0 fully saturated rings. The highest BCUT2D eigenvalue weighted by Gasteiger charge is 2.11. The molecule has 1 amide bonds. The Hall–Kier alpha value is -2.69. The van der Waals surface area contributed by atoms with Gasteiger partial charge in [-0.05, 0) is 43.5 Å². The van der Waals surface area contributed by atoms with E-state index in [-0.39, 0.29) is 11.9 Å². The Balaban J connectivity index is 1.58. The molecular weight excluding hydrogens is 276 g/mol. The number of H-pyrrole nitrogens is 1.